The Labute approximate surface area is 176 Å². The molecule has 0 atom stereocenters. The zero-order valence-corrected chi connectivity index (χ0v) is 17.6. The average molecular weight is 412 g/mol. The molecule has 2 aromatic carbocycles. The van der Waals surface area contributed by atoms with Crippen LogP contribution in [0.3, 0.4) is 0 Å². The molecule has 7 nitrogen and oxygen atoms in total. The first kappa shape index (κ1) is 21.5. The fourth-order valence-corrected chi connectivity index (χ4v) is 3.60. The van der Waals surface area contributed by atoms with Gasteiger partial charge >= 0.3 is 0 Å². The third kappa shape index (κ3) is 4.84. The lowest BCUT2D eigenvalue weighted by atomic mass is 10.0. The maximum atomic E-state index is 12.8. The van der Waals surface area contributed by atoms with Crippen LogP contribution in [-0.4, -0.2) is 56.7 Å². The molecule has 0 aliphatic carbocycles. The van der Waals surface area contributed by atoms with Crippen LogP contribution in [0.25, 0.3) is 0 Å². The van der Waals surface area contributed by atoms with E-state index in [1.54, 1.807) is 30.3 Å². The molecule has 0 spiro atoms. The number of hydrogen-bond acceptors (Lipinski definition) is 5. The van der Waals surface area contributed by atoms with E-state index in [2.05, 4.69) is 5.32 Å². The van der Waals surface area contributed by atoms with Gasteiger partial charge in [-0.05, 0) is 56.2 Å². The van der Waals surface area contributed by atoms with Crippen LogP contribution < -0.4 is 19.5 Å². The van der Waals surface area contributed by atoms with Gasteiger partial charge in [0.2, 0.25) is 0 Å². The summed E-state index contributed by atoms with van der Waals surface area (Å²) in [5.41, 5.74) is 1.02. The molecule has 0 saturated carbocycles. The Kier molecular flexibility index (Phi) is 7.17. The number of amides is 2. The number of likely N-dealkylation sites (tertiary alicyclic amines) is 1. The van der Waals surface area contributed by atoms with E-state index >= 15 is 0 Å². The third-order valence-electron chi connectivity index (χ3n) is 5.18. The highest BCUT2D eigenvalue weighted by atomic mass is 16.5. The monoisotopic (exact) mass is 412 g/mol. The maximum absolute atomic E-state index is 12.8. The van der Waals surface area contributed by atoms with Crippen molar-refractivity contribution in [2.24, 2.45) is 0 Å². The minimum absolute atomic E-state index is 0.00535. The van der Waals surface area contributed by atoms with Crippen molar-refractivity contribution >= 4 is 11.8 Å². The molecule has 0 radical (unpaired) electrons. The summed E-state index contributed by atoms with van der Waals surface area (Å²) in [6, 6.07) is 12.4. The Morgan fingerprint density at radius 1 is 1.00 bits per heavy atom. The van der Waals surface area contributed by atoms with E-state index in [-0.39, 0.29) is 17.9 Å². The summed E-state index contributed by atoms with van der Waals surface area (Å²) in [5, 5.41) is 3.05. The molecule has 7 heteroatoms. The molecular weight excluding hydrogens is 384 g/mol. The lowest BCUT2D eigenvalue weighted by Crippen LogP contribution is -2.46. The number of carbonyl (C=O) groups excluding carboxylic acids is 2. The number of nitrogens with zero attached hydrogens (tertiary/aromatic N) is 1. The molecule has 1 fully saturated rings. The summed E-state index contributed by atoms with van der Waals surface area (Å²) in [5.74, 6) is 1.45. The molecule has 1 aliphatic heterocycles. The first-order chi connectivity index (χ1) is 14.6. The Balaban J connectivity index is 1.58. The van der Waals surface area contributed by atoms with E-state index in [1.165, 1.54) is 14.2 Å². The molecule has 2 aromatic rings. The number of methoxy groups -OCH3 is 2. The van der Waals surface area contributed by atoms with Gasteiger partial charge in [0.25, 0.3) is 11.8 Å². The molecule has 1 aliphatic rings. The average Bonchev–Trinajstić information content (AvgIpc) is 2.79. The van der Waals surface area contributed by atoms with Crippen molar-refractivity contribution in [3.8, 4) is 17.2 Å². The number of rotatable bonds is 7. The van der Waals surface area contributed by atoms with Gasteiger partial charge in [-0.25, -0.2) is 0 Å². The molecule has 0 bridgehead atoms. The van der Waals surface area contributed by atoms with Crippen LogP contribution >= 0.6 is 0 Å². The standard InChI is InChI=1S/C23H28N2O5/c1-4-30-18-10-8-16(9-11-18)23(27)25-14-12-17(13-15-25)24-22(26)21-19(28-2)6-5-7-20(21)29-3/h5-11,17H,4,12-15H2,1-3H3,(H,24,26). The molecule has 0 aromatic heterocycles. The lowest BCUT2D eigenvalue weighted by Gasteiger charge is -2.32. The minimum Gasteiger partial charge on any atom is -0.496 e. The number of nitrogens with one attached hydrogen (secondary N) is 1. The van der Waals surface area contributed by atoms with E-state index in [1.807, 2.05) is 24.0 Å². The highest BCUT2D eigenvalue weighted by molar-refractivity contribution is 6.00. The van der Waals surface area contributed by atoms with Crippen molar-refractivity contribution in [2.45, 2.75) is 25.8 Å². The van der Waals surface area contributed by atoms with Gasteiger partial charge in [0.05, 0.1) is 20.8 Å². The Morgan fingerprint density at radius 3 is 2.13 bits per heavy atom. The topological polar surface area (TPSA) is 77.1 Å². The largest absolute Gasteiger partial charge is 0.496 e. The van der Waals surface area contributed by atoms with Gasteiger partial charge in [0.15, 0.2) is 0 Å². The highest BCUT2D eigenvalue weighted by Crippen LogP contribution is 2.28. The summed E-state index contributed by atoms with van der Waals surface area (Å²) in [7, 11) is 3.05. The number of piperidine rings is 1. The summed E-state index contributed by atoms with van der Waals surface area (Å²) in [6.45, 7) is 3.68. The second-order valence-corrected chi connectivity index (χ2v) is 7.03. The smallest absolute Gasteiger partial charge is 0.259 e. The van der Waals surface area contributed by atoms with Crippen molar-refractivity contribution in [2.75, 3.05) is 33.9 Å². The molecule has 1 saturated heterocycles. The first-order valence-corrected chi connectivity index (χ1v) is 10.1. The van der Waals surface area contributed by atoms with Crippen LogP contribution in [0.5, 0.6) is 17.2 Å². The van der Waals surface area contributed by atoms with E-state index < -0.39 is 0 Å². The van der Waals surface area contributed by atoms with Gasteiger partial charge in [-0.2, -0.15) is 0 Å². The zero-order chi connectivity index (χ0) is 21.5. The molecule has 1 heterocycles. The number of carbonyl (C=O) groups is 2. The predicted molar refractivity (Wildman–Crippen MR) is 114 cm³/mol. The zero-order valence-electron chi connectivity index (χ0n) is 17.6. The minimum atomic E-state index is -0.236. The summed E-state index contributed by atoms with van der Waals surface area (Å²) < 4.78 is 16.1. The maximum Gasteiger partial charge on any atom is 0.259 e. The van der Waals surface area contributed by atoms with Gasteiger partial charge in [0.1, 0.15) is 22.8 Å². The summed E-state index contributed by atoms with van der Waals surface area (Å²) >= 11 is 0. The van der Waals surface area contributed by atoms with Crippen LogP contribution in [0.4, 0.5) is 0 Å². The third-order valence-corrected chi connectivity index (χ3v) is 5.18. The lowest BCUT2D eigenvalue weighted by molar-refractivity contribution is 0.0697. The van der Waals surface area contributed by atoms with Crippen LogP contribution in [0.2, 0.25) is 0 Å². The van der Waals surface area contributed by atoms with Gasteiger partial charge < -0.3 is 24.4 Å². The number of benzene rings is 2. The van der Waals surface area contributed by atoms with Crippen molar-refractivity contribution in [1.82, 2.24) is 10.2 Å². The van der Waals surface area contributed by atoms with E-state index in [4.69, 9.17) is 14.2 Å². The molecule has 2 amide bonds. The van der Waals surface area contributed by atoms with Gasteiger partial charge in [-0.3, -0.25) is 9.59 Å². The first-order valence-electron chi connectivity index (χ1n) is 10.1. The van der Waals surface area contributed by atoms with E-state index in [0.717, 1.165) is 5.75 Å². The molecular formula is C23H28N2O5. The second-order valence-electron chi connectivity index (χ2n) is 7.03. The van der Waals surface area contributed by atoms with Crippen molar-refractivity contribution in [3.63, 3.8) is 0 Å². The van der Waals surface area contributed by atoms with Crippen LogP contribution in [0, 0.1) is 0 Å². The van der Waals surface area contributed by atoms with Crippen LogP contribution in [0.15, 0.2) is 42.5 Å². The molecule has 1 N–H and O–H groups in total. The summed E-state index contributed by atoms with van der Waals surface area (Å²) in [6.07, 6.45) is 1.37. The van der Waals surface area contributed by atoms with Crippen molar-refractivity contribution < 1.29 is 23.8 Å². The second kappa shape index (κ2) is 10.0. The van der Waals surface area contributed by atoms with E-state index in [9.17, 15) is 9.59 Å². The number of hydrogen-bond donors (Lipinski definition) is 1. The molecule has 160 valence electrons. The Bertz CT molecular complexity index is 851. The number of ether oxygens (including phenoxy) is 3. The highest BCUT2D eigenvalue weighted by Gasteiger charge is 2.27. The van der Waals surface area contributed by atoms with Gasteiger partial charge in [-0.15, -0.1) is 0 Å². The molecule has 0 unspecified atom stereocenters. The Hall–Kier alpha value is -3.22. The quantitative estimate of drug-likeness (QED) is 0.756. The summed E-state index contributed by atoms with van der Waals surface area (Å²) in [4.78, 5) is 27.4. The predicted octanol–water partition coefficient (Wildman–Crippen LogP) is 3.14. The fraction of sp³-hybridized carbons (Fsp3) is 0.391. The van der Waals surface area contributed by atoms with E-state index in [0.29, 0.717) is 55.2 Å². The normalized spacial score (nSPS) is 14.2. The molecule has 3 rings (SSSR count). The van der Waals surface area contributed by atoms with Gasteiger partial charge in [0, 0.05) is 24.7 Å². The SMILES string of the molecule is CCOc1ccc(C(=O)N2CCC(NC(=O)c3c(OC)cccc3OC)CC2)cc1. The van der Waals surface area contributed by atoms with Crippen LogP contribution in [-0.2, 0) is 0 Å². The van der Waals surface area contributed by atoms with Crippen LogP contribution in [0.1, 0.15) is 40.5 Å². The van der Waals surface area contributed by atoms with Crippen molar-refractivity contribution in [1.29, 1.82) is 0 Å². The van der Waals surface area contributed by atoms with Gasteiger partial charge in [-0.1, -0.05) is 6.07 Å². The fourth-order valence-electron chi connectivity index (χ4n) is 3.60. The van der Waals surface area contributed by atoms with Crippen molar-refractivity contribution in [3.05, 3.63) is 53.6 Å². The molecule has 30 heavy (non-hydrogen) atoms. The Morgan fingerprint density at radius 2 is 1.60 bits per heavy atom.